The minimum Gasteiger partial charge on any atom is -0.508 e. The Hall–Kier alpha value is -1.62. The summed E-state index contributed by atoms with van der Waals surface area (Å²) in [5.74, 6) is -2.25. The lowest BCUT2D eigenvalue weighted by atomic mass is 9.74. The summed E-state index contributed by atoms with van der Waals surface area (Å²) in [5.41, 5.74) is -2.38. The van der Waals surface area contributed by atoms with Crippen molar-refractivity contribution in [2.75, 3.05) is 0 Å². The van der Waals surface area contributed by atoms with Gasteiger partial charge in [-0.3, -0.25) is 9.59 Å². The van der Waals surface area contributed by atoms with Gasteiger partial charge in [0.05, 0.1) is 0 Å². The van der Waals surface area contributed by atoms with Crippen LogP contribution in [0.25, 0.3) is 0 Å². The minimum atomic E-state index is -2.14. The number of rotatable bonds is 9. The molecule has 5 nitrogen and oxygen atoms in total. The number of carbonyl (C=O) groups excluding carboxylic acids is 2. The zero-order valence-corrected chi connectivity index (χ0v) is 16.9. The predicted molar refractivity (Wildman–Crippen MR) is 102 cm³/mol. The van der Waals surface area contributed by atoms with Gasteiger partial charge in [0.1, 0.15) is 17.1 Å². The Morgan fingerprint density at radius 2 is 1.58 bits per heavy atom. The first-order valence-electron chi connectivity index (χ1n) is 9.64. The number of Topliss-reactive ketones (excluding diaryl/α,β-unsaturated/α-hetero) is 2. The standard InChI is InChI=1S/C21H34O5/c1-7-14(6)17(22)16-18(23)15(9-8-12(2)3)19(24)21(26,20(16)25)11-10-13(4)5/h12-14,23-24,26H,7-11H2,1-6H3. The van der Waals surface area contributed by atoms with Crippen molar-refractivity contribution in [1.29, 1.82) is 0 Å². The molecule has 0 aromatic rings. The van der Waals surface area contributed by atoms with Crippen LogP contribution in [0.15, 0.2) is 22.7 Å². The molecule has 1 aliphatic carbocycles. The highest BCUT2D eigenvalue weighted by atomic mass is 16.3. The van der Waals surface area contributed by atoms with Gasteiger partial charge in [0.2, 0.25) is 5.78 Å². The van der Waals surface area contributed by atoms with E-state index in [4.69, 9.17) is 0 Å². The Labute approximate surface area is 156 Å². The van der Waals surface area contributed by atoms with Gasteiger partial charge < -0.3 is 15.3 Å². The molecule has 0 aromatic heterocycles. The fourth-order valence-electron chi connectivity index (χ4n) is 2.99. The number of carbonyl (C=O) groups is 2. The van der Waals surface area contributed by atoms with Gasteiger partial charge >= 0.3 is 0 Å². The summed E-state index contributed by atoms with van der Waals surface area (Å²) in [4.78, 5) is 25.7. The third-order valence-corrected chi connectivity index (χ3v) is 5.16. The van der Waals surface area contributed by atoms with Gasteiger partial charge in [-0.2, -0.15) is 0 Å². The molecule has 26 heavy (non-hydrogen) atoms. The number of hydrogen-bond acceptors (Lipinski definition) is 5. The summed E-state index contributed by atoms with van der Waals surface area (Å²) in [6, 6.07) is 0. The van der Waals surface area contributed by atoms with E-state index in [0.717, 1.165) is 0 Å². The molecule has 0 saturated carbocycles. The van der Waals surface area contributed by atoms with Crippen LogP contribution in [0.3, 0.4) is 0 Å². The number of aliphatic hydroxyl groups excluding tert-OH is 2. The topological polar surface area (TPSA) is 94.8 Å². The van der Waals surface area contributed by atoms with Crippen LogP contribution in [-0.4, -0.2) is 32.5 Å². The number of allylic oxidation sites excluding steroid dienone is 1. The quantitative estimate of drug-likeness (QED) is 0.525. The van der Waals surface area contributed by atoms with Crippen LogP contribution < -0.4 is 0 Å². The molecule has 0 aliphatic heterocycles. The highest BCUT2D eigenvalue weighted by Gasteiger charge is 2.50. The molecule has 1 aliphatic rings. The Bertz CT molecular complexity index is 612. The molecule has 0 aromatic carbocycles. The highest BCUT2D eigenvalue weighted by molar-refractivity contribution is 6.25. The van der Waals surface area contributed by atoms with Crippen molar-refractivity contribution in [2.24, 2.45) is 17.8 Å². The molecule has 2 atom stereocenters. The first-order valence-corrected chi connectivity index (χ1v) is 9.64. The lowest BCUT2D eigenvalue weighted by Gasteiger charge is -2.34. The van der Waals surface area contributed by atoms with Crippen molar-refractivity contribution < 1.29 is 24.9 Å². The van der Waals surface area contributed by atoms with Crippen LogP contribution in [0.5, 0.6) is 0 Å². The number of hydrogen-bond donors (Lipinski definition) is 3. The maximum Gasteiger partial charge on any atom is 0.209 e. The second kappa shape index (κ2) is 8.85. The SMILES string of the molecule is CCC(C)C(=O)C1=C(O)C(CCC(C)C)=C(O)C(O)(CCC(C)C)C1=O. The van der Waals surface area contributed by atoms with Crippen LogP contribution in [0.1, 0.15) is 73.6 Å². The van der Waals surface area contributed by atoms with Gasteiger partial charge in [-0.05, 0) is 43.9 Å². The van der Waals surface area contributed by atoms with Crippen LogP contribution in [-0.2, 0) is 9.59 Å². The van der Waals surface area contributed by atoms with E-state index in [1.807, 2.05) is 34.6 Å². The lowest BCUT2D eigenvalue weighted by molar-refractivity contribution is -0.136. The largest absolute Gasteiger partial charge is 0.508 e. The maximum atomic E-state index is 12.9. The van der Waals surface area contributed by atoms with Gasteiger partial charge in [0, 0.05) is 11.5 Å². The summed E-state index contributed by atoms with van der Waals surface area (Å²) >= 11 is 0. The van der Waals surface area contributed by atoms with Crippen molar-refractivity contribution in [3.8, 4) is 0 Å². The average Bonchev–Trinajstić information content (AvgIpc) is 2.57. The summed E-state index contributed by atoms with van der Waals surface area (Å²) < 4.78 is 0. The molecule has 0 heterocycles. The molecule has 0 saturated heterocycles. The van der Waals surface area contributed by atoms with E-state index in [-0.39, 0.29) is 23.5 Å². The van der Waals surface area contributed by atoms with Gasteiger partial charge in [0.15, 0.2) is 11.4 Å². The van der Waals surface area contributed by atoms with Crippen LogP contribution in [0.2, 0.25) is 0 Å². The Morgan fingerprint density at radius 1 is 1.04 bits per heavy atom. The van der Waals surface area contributed by atoms with E-state index < -0.39 is 34.6 Å². The molecule has 0 fully saturated rings. The van der Waals surface area contributed by atoms with Crippen molar-refractivity contribution in [3.63, 3.8) is 0 Å². The fourth-order valence-corrected chi connectivity index (χ4v) is 2.99. The zero-order valence-electron chi connectivity index (χ0n) is 16.9. The fraction of sp³-hybridized carbons (Fsp3) is 0.714. The molecule has 148 valence electrons. The molecule has 1 rings (SSSR count). The average molecular weight is 366 g/mol. The molecule has 0 spiro atoms. The smallest absolute Gasteiger partial charge is 0.209 e. The Balaban J connectivity index is 3.47. The van der Waals surface area contributed by atoms with Crippen molar-refractivity contribution in [3.05, 3.63) is 22.7 Å². The molecule has 2 unspecified atom stereocenters. The number of aliphatic hydroxyl groups is 3. The highest BCUT2D eigenvalue weighted by Crippen LogP contribution is 2.39. The summed E-state index contributed by atoms with van der Waals surface area (Å²) in [5, 5.41) is 32.3. The lowest BCUT2D eigenvalue weighted by Crippen LogP contribution is -2.47. The second-order valence-corrected chi connectivity index (χ2v) is 8.28. The Kier molecular flexibility index (Phi) is 7.63. The molecular weight excluding hydrogens is 332 g/mol. The third kappa shape index (κ3) is 4.56. The van der Waals surface area contributed by atoms with E-state index >= 15 is 0 Å². The first kappa shape index (κ1) is 22.4. The van der Waals surface area contributed by atoms with Gasteiger partial charge in [-0.15, -0.1) is 0 Å². The maximum absolute atomic E-state index is 12.9. The molecular formula is C21H34O5. The van der Waals surface area contributed by atoms with Crippen LogP contribution >= 0.6 is 0 Å². The van der Waals surface area contributed by atoms with Crippen LogP contribution in [0, 0.1) is 17.8 Å². The Morgan fingerprint density at radius 3 is 2.04 bits per heavy atom. The zero-order chi connectivity index (χ0) is 20.2. The van der Waals surface area contributed by atoms with E-state index in [0.29, 0.717) is 31.6 Å². The van der Waals surface area contributed by atoms with E-state index in [1.54, 1.807) is 6.92 Å². The molecule has 3 N–H and O–H groups in total. The van der Waals surface area contributed by atoms with Gasteiger partial charge in [-0.25, -0.2) is 0 Å². The third-order valence-electron chi connectivity index (χ3n) is 5.16. The second-order valence-electron chi connectivity index (χ2n) is 8.28. The van der Waals surface area contributed by atoms with Crippen LogP contribution in [0.4, 0.5) is 0 Å². The summed E-state index contributed by atoms with van der Waals surface area (Å²) in [6.07, 6.45) is 2.00. The normalized spacial score (nSPS) is 22.6. The predicted octanol–water partition coefficient (Wildman–Crippen LogP) is 4.41. The van der Waals surface area contributed by atoms with E-state index in [2.05, 4.69) is 0 Å². The van der Waals surface area contributed by atoms with Crippen molar-refractivity contribution in [1.82, 2.24) is 0 Å². The summed E-state index contributed by atoms with van der Waals surface area (Å²) in [6.45, 7) is 11.4. The monoisotopic (exact) mass is 366 g/mol. The molecule has 5 heteroatoms. The summed E-state index contributed by atoms with van der Waals surface area (Å²) in [7, 11) is 0. The van der Waals surface area contributed by atoms with Gasteiger partial charge in [-0.1, -0.05) is 41.5 Å². The molecule has 0 bridgehead atoms. The number of ketones is 2. The van der Waals surface area contributed by atoms with E-state index in [9.17, 15) is 24.9 Å². The minimum absolute atomic E-state index is 0.0189. The molecule has 0 radical (unpaired) electrons. The molecule has 0 amide bonds. The van der Waals surface area contributed by atoms with E-state index in [1.165, 1.54) is 0 Å². The van der Waals surface area contributed by atoms with Gasteiger partial charge in [0.25, 0.3) is 0 Å². The van der Waals surface area contributed by atoms with Crippen molar-refractivity contribution >= 4 is 11.6 Å². The van der Waals surface area contributed by atoms with Crippen molar-refractivity contribution in [2.45, 2.75) is 79.2 Å². The first-order chi connectivity index (χ1) is 12.0.